The van der Waals surface area contributed by atoms with Crippen LogP contribution in [0.25, 0.3) is 0 Å². The average molecular weight is 353 g/mol. The Morgan fingerprint density at radius 2 is 1.90 bits per heavy atom. The quantitative estimate of drug-likeness (QED) is 0.823. The van der Waals surface area contributed by atoms with Gasteiger partial charge in [0.15, 0.2) is 0 Å². The average Bonchev–Trinajstić information content (AvgIpc) is 2.45. The maximum absolute atomic E-state index is 3.62. The fraction of sp³-hybridized carbons (Fsp3) is 0.667. The second-order valence-corrected chi connectivity index (χ2v) is 8.13. The maximum Gasteiger partial charge on any atom is 0.0412 e. The van der Waals surface area contributed by atoms with Crippen LogP contribution in [-0.2, 0) is 6.54 Å². The van der Waals surface area contributed by atoms with E-state index >= 15 is 0 Å². The fourth-order valence-corrected chi connectivity index (χ4v) is 3.36. The Bertz CT molecular complexity index is 457. The summed E-state index contributed by atoms with van der Waals surface area (Å²) >= 11 is 3.62. The van der Waals surface area contributed by atoms with Crippen LogP contribution in [0.5, 0.6) is 0 Å². The van der Waals surface area contributed by atoms with Gasteiger partial charge in [0.05, 0.1) is 0 Å². The third kappa shape index (κ3) is 5.00. The van der Waals surface area contributed by atoms with E-state index in [-0.39, 0.29) is 5.54 Å². The van der Waals surface area contributed by atoms with Crippen molar-refractivity contribution in [1.29, 1.82) is 0 Å². The number of rotatable bonds is 4. The molecule has 0 amide bonds. The number of benzene rings is 1. The molecular formula is C18H29BrN2. The molecule has 2 nitrogen and oxygen atoms in total. The van der Waals surface area contributed by atoms with Crippen LogP contribution < -0.4 is 10.2 Å². The lowest BCUT2D eigenvalue weighted by atomic mass is 9.93. The summed E-state index contributed by atoms with van der Waals surface area (Å²) in [6.45, 7) is 12.3. The van der Waals surface area contributed by atoms with Crippen LogP contribution in [0.15, 0.2) is 22.7 Å². The number of halogens is 1. The van der Waals surface area contributed by atoms with Gasteiger partial charge in [0.1, 0.15) is 0 Å². The van der Waals surface area contributed by atoms with Gasteiger partial charge in [-0.2, -0.15) is 0 Å². The monoisotopic (exact) mass is 352 g/mol. The third-order valence-corrected chi connectivity index (χ3v) is 4.88. The van der Waals surface area contributed by atoms with Gasteiger partial charge in [0, 0.05) is 35.3 Å². The minimum Gasteiger partial charge on any atom is -0.371 e. The van der Waals surface area contributed by atoms with Crippen molar-refractivity contribution in [3.8, 4) is 0 Å². The molecule has 0 aliphatic carbocycles. The summed E-state index contributed by atoms with van der Waals surface area (Å²) < 4.78 is 1.17. The van der Waals surface area contributed by atoms with Crippen molar-refractivity contribution in [2.24, 2.45) is 5.92 Å². The number of nitrogens with zero attached hydrogens (tertiary/aromatic N) is 1. The van der Waals surface area contributed by atoms with E-state index in [1.807, 2.05) is 0 Å². The molecule has 0 atom stereocenters. The van der Waals surface area contributed by atoms with Crippen molar-refractivity contribution in [3.63, 3.8) is 0 Å². The Balaban J connectivity index is 2.11. The van der Waals surface area contributed by atoms with Gasteiger partial charge in [-0.15, -0.1) is 0 Å². The Labute approximate surface area is 138 Å². The Kier molecular flexibility index (Phi) is 5.73. The molecule has 0 bridgehead atoms. The van der Waals surface area contributed by atoms with Gasteiger partial charge in [0.25, 0.3) is 0 Å². The zero-order valence-electron chi connectivity index (χ0n) is 13.9. The summed E-state index contributed by atoms with van der Waals surface area (Å²) in [5, 5.41) is 3.62. The van der Waals surface area contributed by atoms with E-state index in [0.717, 1.165) is 12.5 Å². The molecule has 1 fully saturated rings. The largest absolute Gasteiger partial charge is 0.371 e. The topological polar surface area (TPSA) is 15.3 Å². The lowest BCUT2D eigenvalue weighted by Gasteiger charge is -2.35. The summed E-state index contributed by atoms with van der Waals surface area (Å²) in [7, 11) is 0. The molecule has 1 aromatic carbocycles. The van der Waals surface area contributed by atoms with Crippen LogP contribution in [0.3, 0.4) is 0 Å². The molecule has 0 aromatic heterocycles. The summed E-state index contributed by atoms with van der Waals surface area (Å²) in [4.78, 5) is 2.57. The Morgan fingerprint density at radius 1 is 1.24 bits per heavy atom. The molecule has 1 aliphatic heterocycles. The van der Waals surface area contributed by atoms with E-state index in [1.165, 1.54) is 48.1 Å². The van der Waals surface area contributed by atoms with Gasteiger partial charge in [-0.25, -0.2) is 0 Å². The van der Waals surface area contributed by atoms with Crippen LogP contribution in [0.1, 0.15) is 52.5 Å². The summed E-state index contributed by atoms with van der Waals surface area (Å²) in [6, 6.07) is 6.71. The first kappa shape index (κ1) is 16.8. The minimum atomic E-state index is 0.148. The second-order valence-electron chi connectivity index (χ2n) is 7.22. The zero-order valence-corrected chi connectivity index (χ0v) is 15.5. The van der Waals surface area contributed by atoms with E-state index in [1.54, 1.807) is 0 Å². The molecular weight excluding hydrogens is 324 g/mol. The highest BCUT2D eigenvalue weighted by Gasteiger charge is 2.20. The molecule has 0 spiro atoms. The van der Waals surface area contributed by atoms with Gasteiger partial charge in [-0.1, -0.05) is 29.3 Å². The molecule has 118 valence electrons. The van der Waals surface area contributed by atoms with Crippen molar-refractivity contribution < 1.29 is 0 Å². The fourth-order valence-electron chi connectivity index (χ4n) is 2.95. The number of hydrogen-bond acceptors (Lipinski definition) is 2. The van der Waals surface area contributed by atoms with Crippen LogP contribution in [0, 0.1) is 5.92 Å². The summed E-state index contributed by atoms with van der Waals surface area (Å²) in [6.07, 6.45) is 3.99. The minimum absolute atomic E-state index is 0.148. The van der Waals surface area contributed by atoms with E-state index in [9.17, 15) is 0 Å². The predicted molar refractivity (Wildman–Crippen MR) is 96.0 cm³/mol. The van der Waals surface area contributed by atoms with Crippen LogP contribution >= 0.6 is 15.9 Å². The van der Waals surface area contributed by atoms with Crippen LogP contribution in [-0.4, -0.2) is 18.6 Å². The highest BCUT2D eigenvalue weighted by atomic mass is 79.9. The van der Waals surface area contributed by atoms with E-state index < -0.39 is 0 Å². The molecule has 1 saturated heterocycles. The molecule has 0 unspecified atom stereocenters. The van der Waals surface area contributed by atoms with Crippen molar-refractivity contribution in [3.05, 3.63) is 28.2 Å². The molecule has 3 heteroatoms. The van der Waals surface area contributed by atoms with Crippen LogP contribution in [0.2, 0.25) is 0 Å². The number of piperidine rings is 1. The lowest BCUT2D eigenvalue weighted by Crippen LogP contribution is -2.37. The maximum atomic E-state index is 3.62. The SMILES string of the molecule is CCC1CCN(c2ccc(Br)cc2CNC(C)(C)C)CC1. The highest BCUT2D eigenvalue weighted by molar-refractivity contribution is 9.10. The predicted octanol–water partition coefficient (Wildman–Crippen LogP) is 4.96. The van der Waals surface area contributed by atoms with Gasteiger partial charge in [-0.3, -0.25) is 0 Å². The first-order valence-electron chi connectivity index (χ1n) is 8.17. The van der Waals surface area contributed by atoms with Crippen LogP contribution in [0.4, 0.5) is 5.69 Å². The standard InChI is InChI=1S/C18H29BrN2/c1-5-14-8-10-21(11-9-14)17-7-6-16(19)12-15(17)13-20-18(2,3)4/h6-7,12,14,20H,5,8-11,13H2,1-4H3. The Hall–Kier alpha value is -0.540. The van der Waals surface area contributed by atoms with Gasteiger partial charge < -0.3 is 10.2 Å². The molecule has 1 N–H and O–H groups in total. The molecule has 1 aromatic rings. The normalized spacial score (nSPS) is 17.3. The summed E-state index contributed by atoms with van der Waals surface area (Å²) in [5.74, 6) is 0.924. The molecule has 0 saturated carbocycles. The van der Waals surface area contributed by atoms with E-state index in [4.69, 9.17) is 0 Å². The van der Waals surface area contributed by atoms with Gasteiger partial charge in [-0.05, 0) is 63.3 Å². The number of anilines is 1. The lowest BCUT2D eigenvalue weighted by molar-refractivity contribution is 0.393. The third-order valence-electron chi connectivity index (χ3n) is 4.38. The van der Waals surface area contributed by atoms with Crippen molar-refractivity contribution >= 4 is 21.6 Å². The first-order chi connectivity index (χ1) is 9.89. The molecule has 1 aliphatic rings. The number of hydrogen-bond donors (Lipinski definition) is 1. The van der Waals surface area contributed by atoms with E-state index in [2.05, 4.69) is 72.0 Å². The Morgan fingerprint density at radius 3 is 2.48 bits per heavy atom. The van der Waals surface area contributed by atoms with Crippen molar-refractivity contribution in [1.82, 2.24) is 5.32 Å². The van der Waals surface area contributed by atoms with Gasteiger partial charge >= 0.3 is 0 Å². The molecule has 21 heavy (non-hydrogen) atoms. The highest BCUT2D eigenvalue weighted by Crippen LogP contribution is 2.29. The van der Waals surface area contributed by atoms with E-state index in [0.29, 0.717) is 0 Å². The molecule has 2 rings (SSSR count). The number of nitrogens with one attached hydrogen (secondary N) is 1. The van der Waals surface area contributed by atoms with Crippen molar-refractivity contribution in [2.75, 3.05) is 18.0 Å². The first-order valence-corrected chi connectivity index (χ1v) is 8.97. The van der Waals surface area contributed by atoms with Gasteiger partial charge in [0.2, 0.25) is 0 Å². The van der Waals surface area contributed by atoms with Crippen molar-refractivity contribution in [2.45, 2.75) is 59.0 Å². The molecule has 1 heterocycles. The molecule has 0 radical (unpaired) electrons. The zero-order chi connectivity index (χ0) is 15.5. The smallest absolute Gasteiger partial charge is 0.0412 e. The second kappa shape index (κ2) is 7.15. The summed E-state index contributed by atoms with van der Waals surface area (Å²) in [5.41, 5.74) is 2.95.